The van der Waals surface area contributed by atoms with E-state index in [9.17, 15) is 9.59 Å². The van der Waals surface area contributed by atoms with E-state index >= 15 is 0 Å². The smallest absolute Gasteiger partial charge is 0.254 e. The molecule has 1 aliphatic rings. The van der Waals surface area contributed by atoms with E-state index in [0.29, 0.717) is 18.0 Å². The number of piperidine rings is 1. The summed E-state index contributed by atoms with van der Waals surface area (Å²) in [6, 6.07) is 10.1. The Balaban J connectivity index is 1.41. The number of amides is 2. The Hall–Kier alpha value is -2.63. The molecule has 0 radical (unpaired) electrons. The molecule has 2 N–H and O–H groups in total. The van der Waals surface area contributed by atoms with Crippen molar-refractivity contribution in [2.75, 3.05) is 19.6 Å². The Bertz CT molecular complexity index is 707. The summed E-state index contributed by atoms with van der Waals surface area (Å²) in [5.74, 6) is 0.539. The molecule has 1 aromatic carbocycles. The molecule has 2 heterocycles. The third kappa shape index (κ3) is 4.71. The lowest BCUT2D eigenvalue weighted by Gasteiger charge is -2.33. The third-order valence-electron chi connectivity index (χ3n) is 5.04. The van der Waals surface area contributed by atoms with E-state index in [-0.39, 0.29) is 17.7 Å². The summed E-state index contributed by atoms with van der Waals surface area (Å²) in [7, 11) is 0. The first-order valence-electron chi connectivity index (χ1n) is 9.23. The molecule has 6 heteroatoms. The summed E-state index contributed by atoms with van der Waals surface area (Å²) in [5, 5.41) is 9.38. The number of aromatic amines is 1. The van der Waals surface area contributed by atoms with Crippen molar-refractivity contribution in [2.24, 2.45) is 11.8 Å². The molecule has 1 unspecified atom stereocenters. The van der Waals surface area contributed by atoms with Crippen molar-refractivity contribution in [2.45, 2.75) is 26.2 Å². The van der Waals surface area contributed by atoms with Crippen LogP contribution in [0.15, 0.2) is 42.7 Å². The fraction of sp³-hybridized carbons (Fsp3) is 0.450. The maximum absolute atomic E-state index is 12.7. The van der Waals surface area contributed by atoms with Gasteiger partial charge < -0.3 is 10.2 Å². The molecule has 138 valence electrons. The largest absolute Gasteiger partial charge is 0.352 e. The molecule has 0 saturated carbocycles. The minimum Gasteiger partial charge on any atom is -0.352 e. The first-order valence-corrected chi connectivity index (χ1v) is 9.23. The van der Waals surface area contributed by atoms with E-state index in [0.717, 1.165) is 32.4 Å². The summed E-state index contributed by atoms with van der Waals surface area (Å²) in [4.78, 5) is 26.6. The van der Waals surface area contributed by atoms with Gasteiger partial charge in [-0.25, -0.2) is 0 Å². The van der Waals surface area contributed by atoms with Crippen LogP contribution in [-0.2, 0) is 11.2 Å². The van der Waals surface area contributed by atoms with Crippen molar-refractivity contribution < 1.29 is 9.59 Å². The van der Waals surface area contributed by atoms with E-state index in [1.54, 1.807) is 6.20 Å². The predicted molar refractivity (Wildman–Crippen MR) is 99.5 cm³/mol. The Morgan fingerprint density at radius 1 is 1.27 bits per heavy atom. The number of likely N-dealkylation sites (tertiary alicyclic amines) is 1. The molecule has 1 atom stereocenters. The van der Waals surface area contributed by atoms with Gasteiger partial charge in [0.05, 0.1) is 11.8 Å². The van der Waals surface area contributed by atoms with Crippen LogP contribution in [0.5, 0.6) is 0 Å². The minimum atomic E-state index is -0.103. The lowest BCUT2D eigenvalue weighted by atomic mass is 9.94. The maximum Gasteiger partial charge on any atom is 0.254 e. The Morgan fingerprint density at radius 2 is 2.00 bits per heavy atom. The van der Waals surface area contributed by atoms with E-state index in [4.69, 9.17) is 0 Å². The SMILES string of the molecule is CC(Cc1ccccc1)C(=O)N1CCC(CNC(=O)c2cn[nH]c2)CC1. The number of aromatic nitrogens is 2. The van der Waals surface area contributed by atoms with Gasteiger partial charge in [-0.15, -0.1) is 0 Å². The van der Waals surface area contributed by atoms with E-state index in [1.165, 1.54) is 11.8 Å². The zero-order valence-electron chi connectivity index (χ0n) is 15.1. The van der Waals surface area contributed by atoms with Crippen LogP contribution in [0.25, 0.3) is 0 Å². The van der Waals surface area contributed by atoms with Crippen molar-refractivity contribution in [1.82, 2.24) is 20.4 Å². The molecule has 3 rings (SSSR count). The molecule has 26 heavy (non-hydrogen) atoms. The maximum atomic E-state index is 12.7. The molecule has 0 bridgehead atoms. The normalized spacial score (nSPS) is 16.3. The highest BCUT2D eigenvalue weighted by Crippen LogP contribution is 2.20. The number of nitrogens with one attached hydrogen (secondary N) is 2. The topological polar surface area (TPSA) is 78.1 Å². The van der Waals surface area contributed by atoms with Gasteiger partial charge in [-0.05, 0) is 30.7 Å². The van der Waals surface area contributed by atoms with Gasteiger partial charge in [0.15, 0.2) is 0 Å². The van der Waals surface area contributed by atoms with E-state index in [2.05, 4.69) is 27.6 Å². The average molecular weight is 354 g/mol. The number of benzene rings is 1. The fourth-order valence-corrected chi connectivity index (χ4v) is 3.44. The van der Waals surface area contributed by atoms with Gasteiger partial charge in [0.1, 0.15) is 0 Å². The molecule has 6 nitrogen and oxygen atoms in total. The highest BCUT2D eigenvalue weighted by molar-refractivity contribution is 5.93. The molecule has 2 amide bonds. The van der Waals surface area contributed by atoms with E-state index < -0.39 is 0 Å². The number of H-pyrrole nitrogens is 1. The van der Waals surface area contributed by atoms with Crippen LogP contribution in [0.3, 0.4) is 0 Å². The van der Waals surface area contributed by atoms with Crippen molar-refractivity contribution in [1.29, 1.82) is 0 Å². The van der Waals surface area contributed by atoms with Gasteiger partial charge in [0.25, 0.3) is 5.91 Å². The minimum absolute atomic E-state index is 0.00487. The molecule has 1 fully saturated rings. The molecular formula is C20H26N4O2. The quantitative estimate of drug-likeness (QED) is 0.835. The fourth-order valence-electron chi connectivity index (χ4n) is 3.44. The molecule has 1 saturated heterocycles. The first kappa shape index (κ1) is 18.2. The number of hydrogen-bond donors (Lipinski definition) is 2. The number of nitrogens with zero attached hydrogens (tertiary/aromatic N) is 2. The zero-order chi connectivity index (χ0) is 18.4. The molecule has 0 aliphatic carbocycles. The van der Waals surface area contributed by atoms with Crippen LogP contribution < -0.4 is 5.32 Å². The van der Waals surface area contributed by atoms with Crippen LogP contribution in [0, 0.1) is 11.8 Å². The lowest BCUT2D eigenvalue weighted by Crippen LogP contribution is -2.43. The van der Waals surface area contributed by atoms with Crippen molar-refractivity contribution in [3.05, 3.63) is 53.9 Å². The summed E-state index contributed by atoms with van der Waals surface area (Å²) in [5.41, 5.74) is 1.75. The monoisotopic (exact) mass is 354 g/mol. The second kappa shape index (κ2) is 8.65. The summed E-state index contributed by atoms with van der Waals surface area (Å²) < 4.78 is 0. The number of hydrogen-bond acceptors (Lipinski definition) is 3. The highest BCUT2D eigenvalue weighted by atomic mass is 16.2. The van der Waals surface area contributed by atoms with Crippen molar-refractivity contribution in [3.8, 4) is 0 Å². The molecular weight excluding hydrogens is 328 g/mol. The predicted octanol–water partition coefficient (Wildman–Crippen LogP) is 2.26. The first-order chi connectivity index (χ1) is 12.6. The van der Waals surface area contributed by atoms with Gasteiger partial charge in [-0.2, -0.15) is 5.10 Å². The number of carbonyl (C=O) groups excluding carboxylic acids is 2. The second-order valence-corrected chi connectivity index (χ2v) is 7.06. The van der Waals surface area contributed by atoms with Crippen molar-refractivity contribution in [3.63, 3.8) is 0 Å². The van der Waals surface area contributed by atoms with Crippen LogP contribution in [0.2, 0.25) is 0 Å². The van der Waals surface area contributed by atoms with Crippen molar-refractivity contribution >= 4 is 11.8 Å². The Kier molecular flexibility index (Phi) is 6.04. The van der Waals surface area contributed by atoms with Crippen LogP contribution >= 0.6 is 0 Å². The summed E-state index contributed by atoms with van der Waals surface area (Å²) in [6.07, 6.45) is 5.74. The highest BCUT2D eigenvalue weighted by Gasteiger charge is 2.26. The van der Waals surface area contributed by atoms with Crippen LogP contribution in [0.4, 0.5) is 0 Å². The number of carbonyl (C=O) groups is 2. The van der Waals surface area contributed by atoms with Crippen LogP contribution in [-0.4, -0.2) is 46.5 Å². The molecule has 1 aliphatic heterocycles. The second-order valence-electron chi connectivity index (χ2n) is 7.06. The summed E-state index contributed by atoms with van der Waals surface area (Å²) in [6.45, 7) is 4.19. The standard InChI is InChI=1S/C20H26N4O2/c1-15(11-16-5-3-2-4-6-16)20(26)24-9-7-17(8-10-24)12-21-19(25)18-13-22-23-14-18/h2-6,13-15,17H,7-12H2,1H3,(H,21,25)(H,22,23). The average Bonchev–Trinajstić information content (AvgIpc) is 3.21. The third-order valence-corrected chi connectivity index (χ3v) is 5.04. The van der Waals surface area contributed by atoms with Crippen LogP contribution in [0.1, 0.15) is 35.7 Å². The molecule has 2 aromatic rings. The lowest BCUT2D eigenvalue weighted by molar-refractivity contribution is -0.136. The molecule has 1 aromatic heterocycles. The summed E-state index contributed by atoms with van der Waals surface area (Å²) >= 11 is 0. The van der Waals surface area contributed by atoms with Gasteiger partial charge in [-0.3, -0.25) is 14.7 Å². The Morgan fingerprint density at radius 3 is 2.65 bits per heavy atom. The van der Waals surface area contributed by atoms with Gasteiger partial charge in [0, 0.05) is 31.7 Å². The van der Waals surface area contributed by atoms with Gasteiger partial charge >= 0.3 is 0 Å². The van der Waals surface area contributed by atoms with E-state index in [1.807, 2.05) is 30.0 Å². The van der Waals surface area contributed by atoms with Gasteiger partial charge in [-0.1, -0.05) is 37.3 Å². The Labute approximate surface area is 154 Å². The number of rotatable bonds is 6. The zero-order valence-corrected chi connectivity index (χ0v) is 15.1. The molecule has 0 spiro atoms. The van der Waals surface area contributed by atoms with Gasteiger partial charge in [0.2, 0.25) is 5.91 Å².